The van der Waals surface area contributed by atoms with Crippen LogP contribution in [-0.4, -0.2) is 59.3 Å². The second kappa shape index (κ2) is 7.63. The highest BCUT2D eigenvalue weighted by atomic mass is 16.5. The van der Waals surface area contributed by atoms with E-state index in [1.165, 1.54) is 11.3 Å². The standard InChI is InChI=1S/C17H24N4O3/c1-19(2)17(22)13-24-8-5-16-11-20(9-14-4-7-23-12-14)10-15-3-6-18-21(15)16/h3-4,6-7,12,16H,5,8-11,13H2,1-2H3/t16-/m0/s1. The Hall–Kier alpha value is -2.12. The first-order valence-electron chi connectivity index (χ1n) is 8.17. The molecule has 130 valence electrons. The first-order valence-corrected chi connectivity index (χ1v) is 8.17. The van der Waals surface area contributed by atoms with E-state index in [9.17, 15) is 4.79 Å². The summed E-state index contributed by atoms with van der Waals surface area (Å²) in [5, 5.41) is 4.45. The predicted molar refractivity (Wildman–Crippen MR) is 88.2 cm³/mol. The summed E-state index contributed by atoms with van der Waals surface area (Å²) in [4.78, 5) is 15.5. The lowest BCUT2D eigenvalue weighted by molar-refractivity contribution is -0.133. The van der Waals surface area contributed by atoms with Gasteiger partial charge in [0.15, 0.2) is 0 Å². The number of hydrogen-bond acceptors (Lipinski definition) is 5. The van der Waals surface area contributed by atoms with Crippen LogP contribution in [0.2, 0.25) is 0 Å². The zero-order valence-electron chi connectivity index (χ0n) is 14.2. The number of furan rings is 1. The van der Waals surface area contributed by atoms with E-state index >= 15 is 0 Å². The van der Waals surface area contributed by atoms with E-state index < -0.39 is 0 Å². The molecule has 0 saturated carbocycles. The van der Waals surface area contributed by atoms with Crippen molar-refractivity contribution in [1.82, 2.24) is 19.6 Å². The summed E-state index contributed by atoms with van der Waals surface area (Å²) in [6.45, 7) is 3.32. The summed E-state index contributed by atoms with van der Waals surface area (Å²) in [5.41, 5.74) is 2.38. The Morgan fingerprint density at radius 2 is 2.33 bits per heavy atom. The van der Waals surface area contributed by atoms with Crippen LogP contribution < -0.4 is 0 Å². The average molecular weight is 332 g/mol. The maximum absolute atomic E-state index is 11.5. The molecule has 0 aliphatic carbocycles. The molecule has 0 unspecified atom stereocenters. The number of carbonyl (C=O) groups excluding carboxylic acids is 1. The molecule has 0 aromatic carbocycles. The minimum absolute atomic E-state index is 0.0139. The SMILES string of the molecule is CN(C)C(=O)COCC[C@H]1CN(Cc2ccoc2)Cc2ccnn21. The molecular formula is C17H24N4O3. The summed E-state index contributed by atoms with van der Waals surface area (Å²) in [6.07, 6.45) is 6.17. The molecule has 24 heavy (non-hydrogen) atoms. The van der Waals surface area contributed by atoms with E-state index in [1.807, 2.05) is 12.3 Å². The summed E-state index contributed by atoms with van der Waals surface area (Å²) >= 11 is 0. The molecule has 0 spiro atoms. The van der Waals surface area contributed by atoms with Crippen molar-refractivity contribution < 1.29 is 13.9 Å². The van der Waals surface area contributed by atoms with E-state index in [1.54, 1.807) is 31.5 Å². The lowest BCUT2D eigenvalue weighted by Gasteiger charge is -2.33. The van der Waals surface area contributed by atoms with Gasteiger partial charge in [-0.2, -0.15) is 5.10 Å². The molecule has 2 aromatic rings. The summed E-state index contributed by atoms with van der Waals surface area (Å²) in [5.74, 6) is -0.0139. The number of ether oxygens (including phenoxy) is 1. The summed E-state index contributed by atoms with van der Waals surface area (Å²) in [6, 6.07) is 4.31. The topological polar surface area (TPSA) is 63.7 Å². The predicted octanol–water partition coefficient (Wildman–Crippen LogP) is 1.53. The van der Waals surface area contributed by atoms with Crippen LogP contribution in [0.4, 0.5) is 0 Å². The Bertz CT molecular complexity index is 651. The Labute approximate surface area is 141 Å². The van der Waals surface area contributed by atoms with Crippen molar-refractivity contribution >= 4 is 5.91 Å². The molecule has 7 nitrogen and oxygen atoms in total. The molecule has 1 aliphatic rings. The molecule has 3 rings (SSSR count). The molecule has 0 fully saturated rings. The second-order valence-electron chi connectivity index (χ2n) is 6.35. The molecule has 3 heterocycles. The Morgan fingerprint density at radius 3 is 3.08 bits per heavy atom. The van der Waals surface area contributed by atoms with Gasteiger partial charge in [0.25, 0.3) is 0 Å². The number of likely N-dealkylation sites (N-methyl/N-ethyl adjacent to an activating group) is 1. The third kappa shape index (κ3) is 4.04. The van der Waals surface area contributed by atoms with Crippen molar-refractivity contribution in [2.75, 3.05) is 33.9 Å². The van der Waals surface area contributed by atoms with Gasteiger partial charge in [0.2, 0.25) is 5.91 Å². The smallest absolute Gasteiger partial charge is 0.248 e. The van der Waals surface area contributed by atoms with Gasteiger partial charge >= 0.3 is 0 Å². The number of nitrogens with zero attached hydrogens (tertiary/aromatic N) is 4. The zero-order chi connectivity index (χ0) is 16.9. The van der Waals surface area contributed by atoms with Crippen molar-refractivity contribution in [2.24, 2.45) is 0 Å². The fourth-order valence-corrected chi connectivity index (χ4v) is 2.95. The molecule has 0 N–H and O–H groups in total. The minimum atomic E-state index is -0.0139. The van der Waals surface area contributed by atoms with Crippen molar-refractivity contribution in [3.05, 3.63) is 42.1 Å². The van der Waals surface area contributed by atoms with Crippen LogP contribution in [0.5, 0.6) is 0 Å². The number of carbonyl (C=O) groups is 1. The monoisotopic (exact) mass is 332 g/mol. The Balaban J connectivity index is 1.55. The van der Waals surface area contributed by atoms with E-state index in [0.29, 0.717) is 6.61 Å². The minimum Gasteiger partial charge on any atom is -0.472 e. The van der Waals surface area contributed by atoms with Crippen molar-refractivity contribution in [3.63, 3.8) is 0 Å². The molecule has 1 aliphatic heterocycles. The first kappa shape index (κ1) is 16.7. The number of fused-ring (bicyclic) bond motifs is 1. The lowest BCUT2D eigenvalue weighted by atomic mass is 10.1. The van der Waals surface area contributed by atoms with Gasteiger partial charge in [-0.3, -0.25) is 14.4 Å². The average Bonchev–Trinajstić information content (AvgIpc) is 3.22. The highest BCUT2D eigenvalue weighted by Crippen LogP contribution is 2.24. The maximum Gasteiger partial charge on any atom is 0.248 e. The Kier molecular flexibility index (Phi) is 5.32. The van der Waals surface area contributed by atoms with Gasteiger partial charge in [0.1, 0.15) is 6.61 Å². The van der Waals surface area contributed by atoms with Crippen LogP contribution in [0.1, 0.15) is 23.7 Å². The fourth-order valence-electron chi connectivity index (χ4n) is 2.95. The van der Waals surface area contributed by atoms with Gasteiger partial charge in [-0.25, -0.2) is 0 Å². The number of amides is 1. The maximum atomic E-state index is 11.5. The van der Waals surface area contributed by atoms with E-state index in [-0.39, 0.29) is 18.6 Å². The largest absolute Gasteiger partial charge is 0.472 e. The van der Waals surface area contributed by atoms with Crippen LogP contribution in [0, 0.1) is 0 Å². The molecule has 7 heteroatoms. The zero-order valence-corrected chi connectivity index (χ0v) is 14.2. The second-order valence-corrected chi connectivity index (χ2v) is 6.35. The number of aromatic nitrogens is 2. The summed E-state index contributed by atoms with van der Waals surface area (Å²) in [7, 11) is 3.47. The third-order valence-corrected chi connectivity index (χ3v) is 4.26. The molecule has 0 saturated heterocycles. The van der Waals surface area contributed by atoms with Crippen LogP contribution in [0.25, 0.3) is 0 Å². The molecule has 0 bridgehead atoms. The molecule has 0 radical (unpaired) electrons. The Morgan fingerprint density at radius 1 is 1.46 bits per heavy atom. The van der Waals surface area contributed by atoms with Gasteiger partial charge in [-0.15, -0.1) is 0 Å². The van der Waals surface area contributed by atoms with Crippen LogP contribution in [0.15, 0.2) is 35.3 Å². The van der Waals surface area contributed by atoms with Crippen LogP contribution in [0.3, 0.4) is 0 Å². The number of hydrogen-bond donors (Lipinski definition) is 0. The third-order valence-electron chi connectivity index (χ3n) is 4.26. The van der Waals surface area contributed by atoms with Gasteiger partial charge < -0.3 is 14.1 Å². The quantitative estimate of drug-likeness (QED) is 0.720. The molecule has 1 amide bonds. The fraction of sp³-hybridized carbons (Fsp3) is 0.529. The van der Waals surface area contributed by atoms with Crippen molar-refractivity contribution in [2.45, 2.75) is 25.6 Å². The highest BCUT2D eigenvalue weighted by molar-refractivity contribution is 5.76. The van der Waals surface area contributed by atoms with Gasteiger partial charge in [-0.05, 0) is 18.6 Å². The van der Waals surface area contributed by atoms with Crippen LogP contribution >= 0.6 is 0 Å². The molecular weight excluding hydrogens is 308 g/mol. The van der Waals surface area contributed by atoms with Gasteiger partial charge in [-0.1, -0.05) is 0 Å². The summed E-state index contributed by atoms with van der Waals surface area (Å²) < 4.78 is 12.8. The van der Waals surface area contributed by atoms with E-state index in [4.69, 9.17) is 9.15 Å². The van der Waals surface area contributed by atoms with Crippen molar-refractivity contribution in [3.8, 4) is 0 Å². The van der Waals surface area contributed by atoms with Crippen LogP contribution in [-0.2, 0) is 22.6 Å². The highest BCUT2D eigenvalue weighted by Gasteiger charge is 2.25. The number of rotatable bonds is 7. The van der Waals surface area contributed by atoms with Crippen molar-refractivity contribution in [1.29, 1.82) is 0 Å². The molecule has 2 aromatic heterocycles. The van der Waals surface area contributed by atoms with E-state index in [2.05, 4.69) is 20.7 Å². The van der Waals surface area contributed by atoms with Gasteiger partial charge in [0, 0.05) is 52.1 Å². The normalized spacial score (nSPS) is 17.7. The van der Waals surface area contributed by atoms with E-state index in [0.717, 1.165) is 26.1 Å². The lowest BCUT2D eigenvalue weighted by Crippen LogP contribution is -2.37. The first-order chi connectivity index (χ1) is 11.6. The van der Waals surface area contributed by atoms with Gasteiger partial charge in [0.05, 0.1) is 24.3 Å². The molecule has 1 atom stereocenters.